The fourth-order valence-corrected chi connectivity index (χ4v) is 8.03. The van der Waals surface area contributed by atoms with Crippen LogP contribution in [-0.4, -0.2) is 0 Å². The van der Waals surface area contributed by atoms with Gasteiger partial charge in [-0.15, -0.1) is 0 Å². The van der Waals surface area contributed by atoms with Gasteiger partial charge in [0.2, 0.25) is 0 Å². The van der Waals surface area contributed by atoms with E-state index in [9.17, 15) is 0 Å². The summed E-state index contributed by atoms with van der Waals surface area (Å²) in [6, 6.07) is 32.3. The van der Waals surface area contributed by atoms with Crippen LogP contribution in [0, 0.1) is 11.8 Å². The van der Waals surface area contributed by atoms with Crippen LogP contribution in [0.15, 0.2) is 93.9 Å². The molecule has 33 heavy (non-hydrogen) atoms. The van der Waals surface area contributed by atoms with Gasteiger partial charge in [0.15, 0.2) is 0 Å². The number of hydrogen-bond donors (Lipinski definition) is 0. The van der Waals surface area contributed by atoms with Crippen LogP contribution in [0.1, 0.15) is 33.4 Å². The van der Waals surface area contributed by atoms with E-state index >= 15 is 0 Å². The number of benzene rings is 4. The Balaban J connectivity index is 1.51. The molecule has 0 aromatic heterocycles. The van der Waals surface area contributed by atoms with Crippen molar-refractivity contribution < 1.29 is 0 Å². The van der Waals surface area contributed by atoms with Gasteiger partial charge in [0.25, 0.3) is 0 Å². The molecule has 4 aromatic carbocycles. The first kappa shape index (κ1) is 20.2. The smallest absolute Gasteiger partial charge is 0.0284 e. The van der Waals surface area contributed by atoms with E-state index in [1.165, 1.54) is 53.5 Å². The maximum absolute atomic E-state index is 3.84. The van der Waals surface area contributed by atoms with Crippen LogP contribution >= 0.6 is 31.9 Å². The lowest BCUT2D eigenvalue weighted by Crippen LogP contribution is -2.43. The molecule has 0 atom stereocenters. The summed E-state index contributed by atoms with van der Waals surface area (Å²) in [5.41, 5.74) is 12.1. The molecule has 3 aliphatic carbocycles. The zero-order valence-electron chi connectivity index (χ0n) is 18.3. The van der Waals surface area contributed by atoms with Gasteiger partial charge in [-0.25, -0.2) is 0 Å². The molecule has 162 valence electrons. The highest BCUT2D eigenvalue weighted by Gasteiger charge is 2.55. The first-order valence-corrected chi connectivity index (χ1v) is 13.5. The molecule has 7 rings (SSSR count). The molecule has 0 unspecified atom stereocenters. The molecular weight excluding hydrogens is 532 g/mol. The van der Waals surface area contributed by atoms with Crippen molar-refractivity contribution in [3.05, 3.63) is 127 Å². The lowest BCUT2D eigenvalue weighted by Gasteiger charge is -2.43. The molecule has 0 bridgehead atoms. The fourth-order valence-electron chi connectivity index (χ4n) is 7.31. The number of halogens is 2. The third-order valence-electron chi connectivity index (χ3n) is 8.53. The zero-order valence-corrected chi connectivity index (χ0v) is 21.5. The van der Waals surface area contributed by atoms with Crippen molar-refractivity contribution >= 4 is 31.9 Å². The van der Waals surface area contributed by atoms with Crippen LogP contribution in [0.25, 0.3) is 11.1 Å². The number of hydrogen-bond acceptors (Lipinski definition) is 0. The Bertz CT molecular complexity index is 1260. The van der Waals surface area contributed by atoms with Gasteiger partial charge >= 0.3 is 0 Å². The number of fused-ring (bicyclic) bond motifs is 5. The van der Waals surface area contributed by atoms with Gasteiger partial charge in [-0.05, 0) is 106 Å². The summed E-state index contributed by atoms with van der Waals surface area (Å²) >= 11 is 7.68. The van der Waals surface area contributed by atoms with Crippen LogP contribution in [0.5, 0.6) is 0 Å². The largest absolute Gasteiger partial charge is 0.0620 e. The Morgan fingerprint density at radius 3 is 1.24 bits per heavy atom. The lowest BCUT2D eigenvalue weighted by atomic mass is 9.59. The topological polar surface area (TPSA) is 0 Å². The summed E-state index contributed by atoms with van der Waals surface area (Å²) in [6.07, 6.45) is 4.61. The van der Waals surface area contributed by atoms with Crippen molar-refractivity contribution in [2.45, 2.75) is 31.1 Å². The highest BCUT2D eigenvalue weighted by Crippen LogP contribution is 2.62. The summed E-state index contributed by atoms with van der Waals surface area (Å²) in [5, 5.41) is 0. The van der Waals surface area contributed by atoms with Crippen LogP contribution in [0.2, 0.25) is 0 Å². The van der Waals surface area contributed by atoms with Crippen molar-refractivity contribution in [2.75, 3.05) is 0 Å². The maximum atomic E-state index is 3.84. The van der Waals surface area contributed by atoms with E-state index < -0.39 is 0 Å². The van der Waals surface area contributed by atoms with Crippen molar-refractivity contribution in [3.63, 3.8) is 0 Å². The molecule has 3 aliphatic rings. The van der Waals surface area contributed by atoms with Gasteiger partial charge in [0.05, 0.1) is 0 Å². The molecule has 0 amide bonds. The Labute approximate surface area is 212 Å². The minimum absolute atomic E-state index is 0.00370. The highest BCUT2D eigenvalue weighted by molar-refractivity contribution is 9.10. The molecule has 2 heteroatoms. The van der Waals surface area contributed by atoms with E-state index in [0.29, 0.717) is 11.8 Å². The number of rotatable bonds is 2. The van der Waals surface area contributed by atoms with E-state index in [-0.39, 0.29) is 5.41 Å². The van der Waals surface area contributed by atoms with Gasteiger partial charge in [0.1, 0.15) is 0 Å². The summed E-state index contributed by atoms with van der Waals surface area (Å²) in [4.78, 5) is 0. The second-order valence-corrected chi connectivity index (χ2v) is 11.8. The zero-order chi connectivity index (χ0) is 22.2. The van der Waals surface area contributed by atoms with Crippen molar-refractivity contribution in [2.24, 2.45) is 11.8 Å². The lowest BCUT2D eigenvalue weighted by molar-refractivity contribution is 0.229. The van der Waals surface area contributed by atoms with Gasteiger partial charge in [-0.1, -0.05) is 92.5 Å². The summed E-state index contributed by atoms with van der Waals surface area (Å²) in [7, 11) is 0. The summed E-state index contributed by atoms with van der Waals surface area (Å²) in [5.74, 6) is 1.11. The monoisotopic (exact) mass is 554 g/mol. The van der Waals surface area contributed by atoms with Crippen LogP contribution in [-0.2, 0) is 31.1 Å². The van der Waals surface area contributed by atoms with Gasteiger partial charge < -0.3 is 0 Å². The van der Waals surface area contributed by atoms with Crippen molar-refractivity contribution in [1.29, 1.82) is 0 Å². The first-order chi connectivity index (χ1) is 16.1. The SMILES string of the molecule is Brc1ccc2c(c1)C(C1Cc3ccccc3C1)(C1Cc3ccccc3C1)c1cc(Br)ccc1-2. The first-order valence-electron chi connectivity index (χ1n) is 11.9. The van der Waals surface area contributed by atoms with E-state index in [0.717, 1.165) is 25.7 Å². The van der Waals surface area contributed by atoms with Crippen LogP contribution in [0.4, 0.5) is 0 Å². The molecule has 0 spiro atoms. The molecular formula is C31H24Br2. The molecule has 0 nitrogen and oxygen atoms in total. The maximum Gasteiger partial charge on any atom is 0.0284 e. The summed E-state index contributed by atoms with van der Waals surface area (Å²) in [6.45, 7) is 0. The molecule has 0 fully saturated rings. The Kier molecular flexibility index (Phi) is 4.55. The standard InChI is InChI=1S/C31H24Br2/c32-25-9-11-27-28-12-10-26(33)18-30(28)31(29(27)17-25,23-13-19-5-1-2-6-20(19)14-23)24-15-21-7-3-4-8-22(21)16-24/h1-12,17-18,23-24H,13-16H2. The van der Waals surface area contributed by atoms with Gasteiger partial charge in [-0.2, -0.15) is 0 Å². The predicted octanol–water partition coefficient (Wildman–Crippen LogP) is 8.31. The van der Waals surface area contributed by atoms with E-state index in [1.807, 2.05) is 0 Å². The molecule has 0 aliphatic heterocycles. The van der Waals surface area contributed by atoms with Crippen molar-refractivity contribution in [1.82, 2.24) is 0 Å². The molecule has 0 radical (unpaired) electrons. The van der Waals surface area contributed by atoms with Crippen molar-refractivity contribution in [3.8, 4) is 11.1 Å². The predicted molar refractivity (Wildman–Crippen MR) is 143 cm³/mol. The minimum atomic E-state index is -0.00370. The molecule has 0 N–H and O–H groups in total. The molecule has 4 aromatic rings. The normalized spacial score (nSPS) is 18.1. The van der Waals surface area contributed by atoms with E-state index in [2.05, 4.69) is 117 Å². The Hall–Kier alpha value is -2.16. The molecule has 0 saturated heterocycles. The van der Waals surface area contributed by atoms with Crippen LogP contribution < -0.4 is 0 Å². The molecule has 0 heterocycles. The Morgan fingerprint density at radius 1 is 0.515 bits per heavy atom. The third-order valence-corrected chi connectivity index (χ3v) is 9.52. The van der Waals surface area contributed by atoms with Gasteiger partial charge in [-0.3, -0.25) is 0 Å². The summed E-state index contributed by atoms with van der Waals surface area (Å²) < 4.78 is 2.37. The second kappa shape index (κ2) is 7.42. The van der Waals surface area contributed by atoms with E-state index in [1.54, 1.807) is 0 Å². The average molecular weight is 556 g/mol. The van der Waals surface area contributed by atoms with E-state index in [4.69, 9.17) is 0 Å². The fraction of sp³-hybridized carbons (Fsp3) is 0.226. The highest BCUT2D eigenvalue weighted by atomic mass is 79.9. The van der Waals surface area contributed by atoms with Gasteiger partial charge in [0, 0.05) is 14.4 Å². The quantitative estimate of drug-likeness (QED) is 0.233. The minimum Gasteiger partial charge on any atom is -0.0620 e. The van der Waals surface area contributed by atoms with Crippen LogP contribution in [0.3, 0.4) is 0 Å². The average Bonchev–Trinajstić information content (AvgIpc) is 3.51. The molecule has 0 saturated carbocycles. The third kappa shape index (κ3) is 2.87. The second-order valence-electron chi connectivity index (χ2n) is 10.00. The Morgan fingerprint density at radius 2 is 0.879 bits per heavy atom.